The summed E-state index contributed by atoms with van der Waals surface area (Å²) >= 11 is 0. The van der Waals surface area contributed by atoms with Crippen molar-refractivity contribution < 1.29 is 0 Å². The molecule has 0 bridgehead atoms. The lowest BCUT2D eigenvalue weighted by molar-refractivity contribution is 1.10. The van der Waals surface area contributed by atoms with E-state index in [1.807, 2.05) is 88.4 Å². The average Bonchev–Trinajstić information content (AvgIpc) is 0.859. The number of para-hydroxylation sites is 5. The zero-order chi connectivity index (χ0) is 65.0. The molecule has 0 amide bonds. The summed E-state index contributed by atoms with van der Waals surface area (Å²) < 4.78 is 0. The van der Waals surface area contributed by atoms with Crippen LogP contribution in [0.3, 0.4) is 0 Å². The van der Waals surface area contributed by atoms with Crippen LogP contribution < -0.4 is 0 Å². The van der Waals surface area contributed by atoms with Gasteiger partial charge in [0.1, 0.15) is 0 Å². The van der Waals surface area contributed by atoms with Gasteiger partial charge in [0.25, 0.3) is 0 Å². The Morgan fingerprint density at radius 1 is 0.228 bits per heavy atom. The number of aromatic nitrogens is 12. The molecule has 0 N–H and O–H groups in total. The van der Waals surface area contributed by atoms with Crippen LogP contribution in [0.1, 0.15) is 78.4 Å². The van der Waals surface area contributed by atoms with Crippen molar-refractivity contribution >= 4 is 98.8 Å². The van der Waals surface area contributed by atoms with Gasteiger partial charge in [-0.1, -0.05) is 90.5 Å². The van der Waals surface area contributed by atoms with Crippen LogP contribution in [0.15, 0.2) is 207 Å². The van der Waals surface area contributed by atoms with Crippen molar-refractivity contribution in [2.45, 2.75) is 96.9 Å². The summed E-state index contributed by atoms with van der Waals surface area (Å²) in [5.41, 5.74) is 30.7. The molecule has 0 saturated heterocycles. The highest BCUT2D eigenvalue weighted by Crippen LogP contribution is 2.27. The van der Waals surface area contributed by atoms with Gasteiger partial charge in [-0.2, -0.15) is 0 Å². The molecule has 0 aliphatic carbocycles. The second-order valence-corrected chi connectivity index (χ2v) is 23.4. The van der Waals surface area contributed by atoms with Crippen molar-refractivity contribution in [3.05, 3.63) is 285 Å². The molecule has 0 aliphatic rings. The predicted octanol–water partition coefficient (Wildman–Crippen LogP) is 19.2. The Morgan fingerprint density at radius 3 is 1.30 bits per heavy atom. The zero-order valence-electron chi connectivity index (χ0n) is 55.0. The number of nitrogens with zero attached hydrogens (tertiary/aromatic N) is 12. The lowest BCUT2D eigenvalue weighted by Crippen LogP contribution is -1.92. The van der Waals surface area contributed by atoms with Crippen LogP contribution in [0, 0.1) is 96.9 Å². The number of aryl methyl sites for hydroxylation is 14. The van der Waals surface area contributed by atoms with E-state index in [1.54, 1.807) is 37.2 Å². The minimum absolute atomic E-state index is 0.964. The van der Waals surface area contributed by atoms with E-state index in [4.69, 9.17) is 0 Å². The zero-order valence-corrected chi connectivity index (χ0v) is 55.0. The summed E-state index contributed by atoms with van der Waals surface area (Å²) in [6.07, 6.45) is 10.5. The van der Waals surface area contributed by atoms with Crippen LogP contribution in [0.5, 0.6) is 0 Å². The first-order valence-electron chi connectivity index (χ1n) is 30.8. The number of benzene rings is 9. The molecule has 16 rings (SSSR count). The Kier molecular flexibility index (Phi) is 20.3. The maximum absolute atomic E-state index is 4.68. The molecule has 0 saturated carbocycles. The monoisotopic (exact) mass is 1200 g/mol. The van der Waals surface area contributed by atoms with Crippen molar-refractivity contribution in [1.29, 1.82) is 0 Å². The Balaban J connectivity index is 0.000000118. The van der Waals surface area contributed by atoms with Gasteiger partial charge in [0.05, 0.1) is 100 Å². The highest BCUT2D eigenvalue weighted by atomic mass is 14.8. The van der Waals surface area contributed by atoms with Gasteiger partial charge in [-0.05, 0) is 232 Å². The second kappa shape index (κ2) is 29.1. The van der Waals surface area contributed by atoms with E-state index in [0.717, 1.165) is 100 Å². The first-order chi connectivity index (χ1) is 44.3. The number of hydrogen-bond acceptors (Lipinski definition) is 12. The van der Waals surface area contributed by atoms with E-state index in [2.05, 4.69) is 238 Å². The third-order valence-corrected chi connectivity index (χ3v) is 16.0. The van der Waals surface area contributed by atoms with Crippen molar-refractivity contribution in [3.8, 4) is 0 Å². The lowest BCUT2D eigenvalue weighted by atomic mass is 10.0. The Labute approximate surface area is 538 Å². The quantitative estimate of drug-likeness (QED) is 0.133. The molecule has 0 atom stereocenters. The van der Waals surface area contributed by atoms with Gasteiger partial charge in [-0.3, -0.25) is 29.9 Å². The maximum atomic E-state index is 4.68. The van der Waals surface area contributed by atoms with Gasteiger partial charge in [-0.25, -0.2) is 29.9 Å². The summed E-state index contributed by atoms with van der Waals surface area (Å²) in [4.78, 5) is 52.5. The Morgan fingerprint density at radius 2 is 0.674 bits per heavy atom. The molecule has 0 fully saturated rings. The molecular formula is C80H76N12. The average molecular weight is 1210 g/mol. The standard InChI is InChI=1S/2C15H13N.5C10H10N2/c1-10-7-13-9-12-5-3-4-6-14(12)16-15(13)8-11(10)2;1-10-7-8-15-13(9-10)11(2)12-5-3-4-6-14(12)16-15;1-7-5-9-10(6-8(7)2)12-4-3-11-9;1-7-3-4-9-10(5-7)11-6-8(2)12-9;1-7-3-4-8(2)10-9(7)11-5-6-12-10;1-7-4-3-5-9-10(7)12-8(2)6-11-9;1-7-8(2)12-10-6-4-3-5-9(10)11-7/h2*3-9H,1-2H3;5*3-6H,1-2H3. The number of rotatable bonds is 0. The van der Waals surface area contributed by atoms with Crippen molar-refractivity contribution in [2.75, 3.05) is 0 Å². The smallest absolute Gasteiger partial charge is 0.0919 e. The molecule has 7 aromatic heterocycles. The molecule has 0 unspecified atom stereocenters. The summed E-state index contributed by atoms with van der Waals surface area (Å²) in [6.45, 7) is 28.8. The minimum Gasteiger partial charge on any atom is -0.253 e. The molecule has 456 valence electrons. The molecule has 0 spiro atoms. The van der Waals surface area contributed by atoms with Crippen LogP contribution in [0.2, 0.25) is 0 Å². The molecule has 12 nitrogen and oxygen atoms in total. The Hall–Kier alpha value is -11.0. The fourth-order valence-corrected chi connectivity index (χ4v) is 10.4. The van der Waals surface area contributed by atoms with Crippen LogP contribution in [0.25, 0.3) is 98.8 Å². The highest BCUT2D eigenvalue weighted by Gasteiger charge is 2.07. The molecule has 0 aliphatic heterocycles. The number of fused-ring (bicyclic) bond motifs is 9. The van der Waals surface area contributed by atoms with Gasteiger partial charge >= 0.3 is 0 Å². The molecule has 92 heavy (non-hydrogen) atoms. The van der Waals surface area contributed by atoms with Crippen LogP contribution in [-0.4, -0.2) is 59.8 Å². The van der Waals surface area contributed by atoms with E-state index in [0.29, 0.717) is 0 Å². The van der Waals surface area contributed by atoms with E-state index < -0.39 is 0 Å². The lowest BCUT2D eigenvalue weighted by Gasteiger charge is -2.07. The van der Waals surface area contributed by atoms with E-state index >= 15 is 0 Å². The molecule has 7 heterocycles. The third kappa shape index (κ3) is 15.7. The van der Waals surface area contributed by atoms with Gasteiger partial charge < -0.3 is 0 Å². The SMILES string of the molecule is Cc1cc2cc3ccccc3nc2cc1C.Cc1cc2nccnc2cc1C.Cc1ccc(C)c2nccnc12.Cc1ccc2nc(C)cnc2c1.Cc1ccc2nc3ccccc3c(C)c2c1.Cc1cnc2cccc(C)c2n1.Cc1nc2ccccc2nc1C. The van der Waals surface area contributed by atoms with Gasteiger partial charge in [0.15, 0.2) is 0 Å². The molecule has 12 heteroatoms. The fraction of sp³-hybridized carbons (Fsp3) is 0.175. The van der Waals surface area contributed by atoms with Crippen LogP contribution in [-0.2, 0) is 0 Å². The number of hydrogen-bond donors (Lipinski definition) is 0. The second-order valence-electron chi connectivity index (χ2n) is 23.4. The Bertz CT molecular complexity index is 4990. The maximum Gasteiger partial charge on any atom is 0.0919 e. The summed E-state index contributed by atoms with van der Waals surface area (Å²) in [6, 6.07) is 57.9. The van der Waals surface area contributed by atoms with Crippen LogP contribution >= 0.6 is 0 Å². The highest BCUT2D eigenvalue weighted by molar-refractivity contribution is 5.97. The normalized spacial score (nSPS) is 10.7. The molecule has 9 aromatic carbocycles. The van der Waals surface area contributed by atoms with E-state index in [9.17, 15) is 0 Å². The first-order valence-corrected chi connectivity index (χ1v) is 30.8. The topological polar surface area (TPSA) is 155 Å². The van der Waals surface area contributed by atoms with Crippen molar-refractivity contribution in [2.24, 2.45) is 0 Å². The predicted molar refractivity (Wildman–Crippen MR) is 383 cm³/mol. The van der Waals surface area contributed by atoms with Crippen molar-refractivity contribution in [3.63, 3.8) is 0 Å². The largest absolute Gasteiger partial charge is 0.253 e. The molecule has 0 radical (unpaired) electrons. The minimum atomic E-state index is 0.964. The van der Waals surface area contributed by atoms with Gasteiger partial charge in [-0.15, -0.1) is 0 Å². The molecular weight excluding hydrogens is 1130 g/mol. The van der Waals surface area contributed by atoms with Crippen molar-refractivity contribution in [1.82, 2.24) is 59.8 Å². The van der Waals surface area contributed by atoms with Crippen LogP contribution in [0.4, 0.5) is 0 Å². The van der Waals surface area contributed by atoms with Gasteiger partial charge in [0, 0.05) is 58.7 Å². The van der Waals surface area contributed by atoms with E-state index in [-0.39, 0.29) is 0 Å². The third-order valence-electron chi connectivity index (χ3n) is 16.0. The fourth-order valence-electron chi connectivity index (χ4n) is 10.4. The summed E-state index contributed by atoms with van der Waals surface area (Å²) in [7, 11) is 0. The first kappa shape index (κ1) is 64.0. The van der Waals surface area contributed by atoms with E-state index in [1.165, 1.54) is 77.2 Å². The number of pyridine rings is 2. The van der Waals surface area contributed by atoms with Gasteiger partial charge in [0.2, 0.25) is 0 Å². The summed E-state index contributed by atoms with van der Waals surface area (Å²) in [5.74, 6) is 0. The summed E-state index contributed by atoms with van der Waals surface area (Å²) in [5, 5.41) is 4.94. The molecule has 16 aromatic rings.